The molecule has 0 spiro atoms. The molecule has 0 saturated heterocycles. The van der Waals surface area contributed by atoms with Crippen molar-refractivity contribution in [1.29, 1.82) is 0 Å². The minimum Gasteiger partial charge on any atom is -0.314 e. The average molecular weight is 257 g/mol. The van der Waals surface area contributed by atoms with E-state index in [4.69, 9.17) is 0 Å². The van der Waals surface area contributed by atoms with Crippen molar-refractivity contribution >= 4 is 11.6 Å². The van der Waals surface area contributed by atoms with Gasteiger partial charge in [-0.05, 0) is 37.5 Å². The number of rotatable bonds is 3. The first-order chi connectivity index (χ1) is 9.15. The summed E-state index contributed by atoms with van der Waals surface area (Å²) in [6.45, 7) is 2.04. The maximum Gasteiger partial charge on any atom is 0.230 e. The standard InChI is InChI=1S/C15H16FN3/c1-10-4-3-5-12(8-10)19(2)15-17-9-13(16)14(18-15)11-6-7-11/h3-5,8-9,11H,6-7H2,1-2H3. The van der Waals surface area contributed by atoms with Gasteiger partial charge in [0.2, 0.25) is 5.95 Å². The normalized spacial score (nSPS) is 14.5. The highest BCUT2D eigenvalue weighted by molar-refractivity contribution is 5.57. The number of nitrogens with zero attached hydrogens (tertiary/aromatic N) is 3. The molecular formula is C15H16FN3. The van der Waals surface area contributed by atoms with Crippen molar-refractivity contribution in [3.05, 3.63) is 47.5 Å². The van der Waals surface area contributed by atoms with E-state index in [-0.39, 0.29) is 11.7 Å². The van der Waals surface area contributed by atoms with E-state index in [1.165, 1.54) is 11.8 Å². The van der Waals surface area contributed by atoms with Gasteiger partial charge in [-0.25, -0.2) is 14.4 Å². The molecule has 1 aromatic heterocycles. The molecule has 0 radical (unpaired) electrons. The Morgan fingerprint density at radius 1 is 1.32 bits per heavy atom. The lowest BCUT2D eigenvalue weighted by Gasteiger charge is -2.18. The number of aryl methyl sites for hydroxylation is 1. The molecule has 98 valence electrons. The molecule has 3 rings (SSSR count). The van der Waals surface area contributed by atoms with E-state index in [0.29, 0.717) is 11.6 Å². The molecule has 0 N–H and O–H groups in total. The van der Waals surface area contributed by atoms with Gasteiger partial charge in [-0.2, -0.15) is 0 Å². The second-order valence-corrected chi connectivity index (χ2v) is 5.08. The monoisotopic (exact) mass is 257 g/mol. The molecule has 4 heteroatoms. The van der Waals surface area contributed by atoms with Crippen LogP contribution in [0.4, 0.5) is 16.0 Å². The van der Waals surface area contributed by atoms with Crippen LogP contribution >= 0.6 is 0 Å². The second kappa shape index (κ2) is 4.61. The number of hydrogen-bond donors (Lipinski definition) is 0. The van der Waals surface area contributed by atoms with E-state index in [9.17, 15) is 4.39 Å². The van der Waals surface area contributed by atoms with E-state index >= 15 is 0 Å². The third-order valence-corrected chi connectivity index (χ3v) is 3.41. The molecule has 0 bridgehead atoms. The van der Waals surface area contributed by atoms with E-state index in [0.717, 1.165) is 18.5 Å². The van der Waals surface area contributed by atoms with Gasteiger partial charge in [0.25, 0.3) is 0 Å². The van der Waals surface area contributed by atoms with E-state index < -0.39 is 0 Å². The summed E-state index contributed by atoms with van der Waals surface area (Å²) in [7, 11) is 1.90. The van der Waals surface area contributed by atoms with Gasteiger partial charge in [-0.1, -0.05) is 12.1 Å². The molecule has 1 aliphatic carbocycles. The van der Waals surface area contributed by atoms with Crippen molar-refractivity contribution in [1.82, 2.24) is 9.97 Å². The molecule has 0 atom stereocenters. The lowest BCUT2D eigenvalue weighted by atomic mass is 10.2. The Bertz CT molecular complexity index is 608. The van der Waals surface area contributed by atoms with Crippen LogP contribution in [0.3, 0.4) is 0 Å². The number of anilines is 2. The van der Waals surface area contributed by atoms with E-state index in [1.54, 1.807) is 0 Å². The van der Waals surface area contributed by atoms with Crippen LogP contribution in [-0.2, 0) is 0 Å². The lowest BCUT2D eigenvalue weighted by molar-refractivity contribution is 0.591. The molecule has 1 aliphatic rings. The van der Waals surface area contributed by atoms with Crippen molar-refractivity contribution in [2.45, 2.75) is 25.7 Å². The van der Waals surface area contributed by atoms with E-state index in [2.05, 4.69) is 16.0 Å². The fourth-order valence-electron chi connectivity index (χ4n) is 2.13. The highest BCUT2D eigenvalue weighted by atomic mass is 19.1. The number of aromatic nitrogens is 2. The summed E-state index contributed by atoms with van der Waals surface area (Å²) >= 11 is 0. The topological polar surface area (TPSA) is 29.0 Å². The van der Waals surface area contributed by atoms with Gasteiger partial charge in [0.1, 0.15) is 0 Å². The van der Waals surface area contributed by atoms with Crippen LogP contribution in [0.15, 0.2) is 30.5 Å². The van der Waals surface area contributed by atoms with Crippen molar-refractivity contribution in [3.8, 4) is 0 Å². The summed E-state index contributed by atoms with van der Waals surface area (Å²) < 4.78 is 13.6. The third-order valence-electron chi connectivity index (χ3n) is 3.41. The van der Waals surface area contributed by atoms with Crippen LogP contribution in [-0.4, -0.2) is 17.0 Å². The van der Waals surface area contributed by atoms with Crippen molar-refractivity contribution in [2.75, 3.05) is 11.9 Å². The van der Waals surface area contributed by atoms with Crippen molar-refractivity contribution in [2.24, 2.45) is 0 Å². The molecule has 0 aliphatic heterocycles. The summed E-state index contributed by atoms with van der Waals surface area (Å²) in [5.74, 6) is 0.547. The van der Waals surface area contributed by atoms with Crippen LogP contribution in [0.2, 0.25) is 0 Å². The molecular weight excluding hydrogens is 241 g/mol. The maximum absolute atomic E-state index is 13.6. The molecule has 0 amide bonds. The predicted octanol–water partition coefficient (Wildman–Crippen LogP) is 3.57. The highest BCUT2D eigenvalue weighted by Crippen LogP contribution is 2.40. The Morgan fingerprint density at radius 2 is 2.11 bits per heavy atom. The van der Waals surface area contributed by atoms with Crippen LogP contribution in [0, 0.1) is 12.7 Å². The maximum atomic E-state index is 13.6. The second-order valence-electron chi connectivity index (χ2n) is 5.08. The Hall–Kier alpha value is -1.97. The number of hydrogen-bond acceptors (Lipinski definition) is 3. The Morgan fingerprint density at radius 3 is 2.79 bits per heavy atom. The zero-order valence-corrected chi connectivity index (χ0v) is 11.1. The fourth-order valence-corrected chi connectivity index (χ4v) is 2.13. The first kappa shape index (κ1) is 12.1. The third kappa shape index (κ3) is 2.43. The van der Waals surface area contributed by atoms with Gasteiger partial charge >= 0.3 is 0 Å². The summed E-state index contributed by atoms with van der Waals surface area (Å²) in [6.07, 6.45) is 3.34. The van der Waals surface area contributed by atoms with Gasteiger partial charge in [-0.15, -0.1) is 0 Å². The summed E-state index contributed by atoms with van der Waals surface area (Å²) in [4.78, 5) is 10.4. The summed E-state index contributed by atoms with van der Waals surface area (Å²) in [6, 6.07) is 8.09. The molecule has 2 aromatic rings. The fraction of sp³-hybridized carbons (Fsp3) is 0.333. The van der Waals surface area contributed by atoms with Crippen LogP contribution in [0.5, 0.6) is 0 Å². The van der Waals surface area contributed by atoms with Crippen molar-refractivity contribution in [3.63, 3.8) is 0 Å². The zero-order chi connectivity index (χ0) is 13.4. The minimum atomic E-state index is -0.288. The molecule has 0 unspecified atom stereocenters. The molecule has 19 heavy (non-hydrogen) atoms. The quantitative estimate of drug-likeness (QED) is 0.841. The Kier molecular flexibility index (Phi) is 2.93. The Labute approximate surface area is 112 Å². The van der Waals surface area contributed by atoms with Crippen LogP contribution < -0.4 is 4.90 Å². The lowest BCUT2D eigenvalue weighted by Crippen LogP contribution is -2.14. The molecule has 1 saturated carbocycles. The summed E-state index contributed by atoms with van der Waals surface area (Å²) in [5, 5.41) is 0. The molecule has 1 aromatic carbocycles. The molecule has 1 fully saturated rings. The number of halogens is 1. The molecule has 3 nitrogen and oxygen atoms in total. The van der Waals surface area contributed by atoms with Gasteiger partial charge in [-0.3, -0.25) is 0 Å². The molecule has 1 heterocycles. The van der Waals surface area contributed by atoms with Gasteiger partial charge in [0.05, 0.1) is 11.9 Å². The summed E-state index contributed by atoms with van der Waals surface area (Å²) in [5.41, 5.74) is 2.74. The van der Waals surface area contributed by atoms with Crippen LogP contribution in [0.1, 0.15) is 30.0 Å². The largest absolute Gasteiger partial charge is 0.314 e. The van der Waals surface area contributed by atoms with Crippen molar-refractivity contribution < 1.29 is 4.39 Å². The average Bonchev–Trinajstić information content (AvgIpc) is 3.23. The smallest absolute Gasteiger partial charge is 0.230 e. The SMILES string of the molecule is Cc1cccc(N(C)c2ncc(F)c(C3CC3)n2)c1. The van der Waals surface area contributed by atoms with E-state index in [1.807, 2.05) is 37.1 Å². The van der Waals surface area contributed by atoms with Gasteiger partial charge in [0.15, 0.2) is 5.82 Å². The Balaban J connectivity index is 1.95. The first-order valence-electron chi connectivity index (χ1n) is 6.48. The highest BCUT2D eigenvalue weighted by Gasteiger charge is 2.29. The van der Waals surface area contributed by atoms with Gasteiger partial charge in [0, 0.05) is 18.7 Å². The predicted molar refractivity (Wildman–Crippen MR) is 73.2 cm³/mol. The number of benzene rings is 1. The minimum absolute atomic E-state index is 0.285. The van der Waals surface area contributed by atoms with Gasteiger partial charge < -0.3 is 4.90 Å². The zero-order valence-electron chi connectivity index (χ0n) is 11.1. The first-order valence-corrected chi connectivity index (χ1v) is 6.48. The van der Waals surface area contributed by atoms with Crippen LogP contribution in [0.25, 0.3) is 0 Å².